The highest BCUT2D eigenvalue weighted by Crippen LogP contribution is 2.29. The molecule has 3 rings (SSSR count). The lowest BCUT2D eigenvalue weighted by atomic mass is 9.91. The Balaban J connectivity index is 1.66. The molecular formula is C20H28N2O3. The summed E-state index contributed by atoms with van der Waals surface area (Å²) in [4.78, 5) is 29.0. The summed E-state index contributed by atoms with van der Waals surface area (Å²) < 4.78 is 5.44. The molecule has 0 radical (unpaired) electrons. The number of piperidine rings is 1. The number of carbonyl (C=O) groups is 2. The summed E-state index contributed by atoms with van der Waals surface area (Å²) in [5, 5.41) is 0. The number of ether oxygens (including phenoxy) is 1. The number of nitrogens with zero attached hydrogens (tertiary/aromatic N) is 2. The molecule has 0 unspecified atom stereocenters. The van der Waals surface area contributed by atoms with Crippen LogP contribution in [0.3, 0.4) is 0 Å². The minimum Gasteiger partial charge on any atom is -0.494 e. The standard InChI is InChI=1S/C20H28N2O3/c1-4-25-18-7-5-17(6-8-18)22-13-16(10-19(22)23)20(24)21-11-14(2)9-15(3)12-21/h5-8,14-16H,4,9-13H2,1-3H3/t14-,15-,16+/m1/s1. The average molecular weight is 344 g/mol. The van der Waals surface area contributed by atoms with Crippen LogP contribution in [0.15, 0.2) is 24.3 Å². The lowest BCUT2D eigenvalue weighted by Crippen LogP contribution is -2.45. The van der Waals surface area contributed by atoms with Gasteiger partial charge >= 0.3 is 0 Å². The highest BCUT2D eigenvalue weighted by Gasteiger charge is 2.38. The van der Waals surface area contributed by atoms with Crippen molar-refractivity contribution in [3.05, 3.63) is 24.3 Å². The predicted octanol–water partition coefficient (Wildman–Crippen LogP) is 2.94. The van der Waals surface area contributed by atoms with Gasteiger partial charge in [-0.25, -0.2) is 0 Å². The van der Waals surface area contributed by atoms with Crippen molar-refractivity contribution in [2.75, 3.05) is 31.1 Å². The van der Waals surface area contributed by atoms with E-state index < -0.39 is 0 Å². The second-order valence-corrected chi connectivity index (χ2v) is 7.52. The van der Waals surface area contributed by atoms with Crippen molar-refractivity contribution in [2.24, 2.45) is 17.8 Å². The highest BCUT2D eigenvalue weighted by molar-refractivity contribution is 6.00. The fourth-order valence-corrected chi connectivity index (χ4v) is 4.11. The molecule has 0 aliphatic carbocycles. The first-order valence-corrected chi connectivity index (χ1v) is 9.30. The van der Waals surface area contributed by atoms with E-state index in [1.165, 1.54) is 6.42 Å². The first-order chi connectivity index (χ1) is 12.0. The molecular weight excluding hydrogens is 316 g/mol. The van der Waals surface area contributed by atoms with Crippen molar-refractivity contribution in [3.63, 3.8) is 0 Å². The third-order valence-corrected chi connectivity index (χ3v) is 5.11. The third-order valence-electron chi connectivity index (χ3n) is 5.11. The van der Waals surface area contributed by atoms with E-state index >= 15 is 0 Å². The van der Waals surface area contributed by atoms with Crippen LogP contribution in [0.5, 0.6) is 5.75 Å². The van der Waals surface area contributed by atoms with Gasteiger partial charge in [0.25, 0.3) is 0 Å². The van der Waals surface area contributed by atoms with Crippen LogP contribution in [-0.4, -0.2) is 43.0 Å². The van der Waals surface area contributed by atoms with Crippen LogP contribution >= 0.6 is 0 Å². The van der Waals surface area contributed by atoms with Crippen molar-refractivity contribution in [2.45, 2.75) is 33.6 Å². The number of hydrogen-bond donors (Lipinski definition) is 0. The number of rotatable bonds is 4. The molecule has 5 heteroatoms. The quantitative estimate of drug-likeness (QED) is 0.844. The minimum atomic E-state index is -0.225. The molecule has 2 saturated heterocycles. The molecule has 0 saturated carbocycles. The summed E-state index contributed by atoms with van der Waals surface area (Å²) in [6.45, 7) is 9.06. The van der Waals surface area contributed by atoms with Crippen LogP contribution in [0.2, 0.25) is 0 Å². The Kier molecular flexibility index (Phi) is 5.30. The van der Waals surface area contributed by atoms with Gasteiger partial charge in [0.05, 0.1) is 12.5 Å². The van der Waals surface area contributed by atoms with Crippen LogP contribution in [0.25, 0.3) is 0 Å². The Bertz CT molecular complexity index is 618. The number of likely N-dealkylation sites (tertiary alicyclic amines) is 1. The lowest BCUT2D eigenvalue weighted by Gasteiger charge is -2.36. The zero-order valence-electron chi connectivity index (χ0n) is 15.4. The molecule has 3 atom stereocenters. The molecule has 1 aromatic rings. The lowest BCUT2D eigenvalue weighted by molar-refractivity contribution is -0.138. The number of hydrogen-bond acceptors (Lipinski definition) is 3. The maximum Gasteiger partial charge on any atom is 0.228 e. The topological polar surface area (TPSA) is 49.9 Å². The molecule has 0 bridgehead atoms. The summed E-state index contributed by atoms with van der Waals surface area (Å²) in [5.41, 5.74) is 0.837. The van der Waals surface area contributed by atoms with Crippen LogP contribution < -0.4 is 9.64 Å². The average Bonchev–Trinajstić information content (AvgIpc) is 2.96. The van der Waals surface area contributed by atoms with Gasteiger partial charge in [-0.1, -0.05) is 13.8 Å². The van der Waals surface area contributed by atoms with Gasteiger partial charge in [0.1, 0.15) is 5.75 Å². The van der Waals surface area contributed by atoms with Gasteiger partial charge in [-0.2, -0.15) is 0 Å². The minimum absolute atomic E-state index is 0.0283. The Morgan fingerprint density at radius 3 is 2.36 bits per heavy atom. The highest BCUT2D eigenvalue weighted by atomic mass is 16.5. The van der Waals surface area contributed by atoms with Gasteiger partial charge in [-0.15, -0.1) is 0 Å². The Morgan fingerprint density at radius 2 is 1.76 bits per heavy atom. The Hall–Kier alpha value is -2.04. The van der Waals surface area contributed by atoms with Gasteiger partial charge in [0, 0.05) is 31.7 Å². The molecule has 136 valence electrons. The summed E-state index contributed by atoms with van der Waals surface area (Å²) in [6.07, 6.45) is 1.48. The van der Waals surface area contributed by atoms with E-state index in [0.717, 1.165) is 24.5 Å². The second kappa shape index (κ2) is 7.46. The van der Waals surface area contributed by atoms with Gasteiger partial charge < -0.3 is 14.5 Å². The number of anilines is 1. The van der Waals surface area contributed by atoms with Crippen molar-refractivity contribution >= 4 is 17.5 Å². The maximum atomic E-state index is 12.9. The van der Waals surface area contributed by atoms with E-state index in [4.69, 9.17) is 4.74 Å². The predicted molar refractivity (Wildman–Crippen MR) is 97.6 cm³/mol. The zero-order chi connectivity index (χ0) is 18.0. The molecule has 25 heavy (non-hydrogen) atoms. The van der Waals surface area contributed by atoms with Crippen molar-refractivity contribution in [3.8, 4) is 5.75 Å². The summed E-state index contributed by atoms with van der Waals surface area (Å²) >= 11 is 0. The molecule has 0 aromatic heterocycles. The number of carbonyl (C=O) groups excluding carboxylic acids is 2. The van der Waals surface area contributed by atoms with Crippen LogP contribution in [0.1, 0.15) is 33.6 Å². The van der Waals surface area contributed by atoms with Gasteiger partial charge in [-0.3, -0.25) is 9.59 Å². The maximum absolute atomic E-state index is 12.9. The van der Waals surface area contributed by atoms with Crippen molar-refractivity contribution in [1.29, 1.82) is 0 Å². The molecule has 2 aliphatic heterocycles. The second-order valence-electron chi connectivity index (χ2n) is 7.52. The molecule has 2 amide bonds. The Morgan fingerprint density at radius 1 is 1.12 bits per heavy atom. The summed E-state index contributed by atoms with van der Waals surface area (Å²) in [6, 6.07) is 7.52. The van der Waals surface area contributed by atoms with Gasteiger partial charge in [-0.05, 0) is 49.4 Å². The van der Waals surface area contributed by atoms with Gasteiger partial charge in [0.15, 0.2) is 0 Å². The SMILES string of the molecule is CCOc1ccc(N2C[C@@H](C(=O)N3C[C@H](C)C[C@@H](C)C3)CC2=O)cc1. The van der Waals surface area contributed by atoms with Crippen molar-refractivity contribution < 1.29 is 14.3 Å². The Labute approximate surface area is 149 Å². The van der Waals surface area contributed by atoms with Gasteiger partial charge in [0.2, 0.25) is 11.8 Å². The van der Waals surface area contributed by atoms with E-state index in [9.17, 15) is 9.59 Å². The van der Waals surface area contributed by atoms with Crippen molar-refractivity contribution in [1.82, 2.24) is 4.90 Å². The fraction of sp³-hybridized carbons (Fsp3) is 0.600. The van der Waals surface area contributed by atoms with Crippen LogP contribution in [0, 0.1) is 17.8 Å². The largest absolute Gasteiger partial charge is 0.494 e. The molecule has 0 spiro atoms. The number of benzene rings is 1. The monoisotopic (exact) mass is 344 g/mol. The normalized spacial score (nSPS) is 26.8. The first-order valence-electron chi connectivity index (χ1n) is 9.30. The van der Waals surface area contributed by atoms with E-state index in [1.807, 2.05) is 36.1 Å². The molecule has 0 N–H and O–H groups in total. The first kappa shape index (κ1) is 17.8. The molecule has 2 fully saturated rings. The molecule has 5 nitrogen and oxygen atoms in total. The number of amides is 2. The fourth-order valence-electron chi connectivity index (χ4n) is 4.11. The van der Waals surface area contributed by atoms with E-state index in [2.05, 4.69) is 13.8 Å². The van der Waals surface area contributed by atoms with E-state index in [-0.39, 0.29) is 17.7 Å². The summed E-state index contributed by atoms with van der Waals surface area (Å²) in [7, 11) is 0. The van der Waals surface area contributed by atoms with E-state index in [1.54, 1.807) is 4.90 Å². The zero-order valence-corrected chi connectivity index (χ0v) is 15.4. The van der Waals surface area contributed by atoms with Crippen LogP contribution in [0.4, 0.5) is 5.69 Å². The van der Waals surface area contributed by atoms with Crippen LogP contribution in [-0.2, 0) is 9.59 Å². The molecule has 2 aliphatic rings. The summed E-state index contributed by atoms with van der Waals surface area (Å²) in [5.74, 6) is 1.80. The van der Waals surface area contributed by atoms with E-state index in [0.29, 0.717) is 31.4 Å². The third kappa shape index (κ3) is 3.97. The molecule has 1 aromatic carbocycles. The molecule has 2 heterocycles. The smallest absolute Gasteiger partial charge is 0.228 e.